The van der Waals surface area contributed by atoms with Gasteiger partial charge in [0, 0.05) is 10.6 Å². The lowest BCUT2D eigenvalue weighted by Crippen LogP contribution is -2.33. The molecule has 0 aliphatic carbocycles. The number of hydrogen-bond donors (Lipinski definition) is 2. The smallest absolute Gasteiger partial charge is 0.264 e. The summed E-state index contributed by atoms with van der Waals surface area (Å²) in [5.74, 6) is -3.42. The monoisotopic (exact) mass is 397 g/mol. The van der Waals surface area contributed by atoms with Crippen LogP contribution in [0.2, 0.25) is 5.02 Å². The molecule has 0 radical (unpaired) electrons. The van der Waals surface area contributed by atoms with E-state index in [-0.39, 0.29) is 15.5 Å². The Balaban J connectivity index is 1.95. The van der Waals surface area contributed by atoms with E-state index in [2.05, 4.69) is 0 Å². The van der Waals surface area contributed by atoms with Gasteiger partial charge in [0.25, 0.3) is 15.8 Å². The van der Waals surface area contributed by atoms with E-state index in [0.29, 0.717) is 0 Å². The molecule has 0 bridgehead atoms. The van der Waals surface area contributed by atoms with E-state index >= 15 is 0 Å². The molecule has 2 aromatic rings. The number of carbonyl (C=O) groups excluding carboxylic acids is 1. The number of sulfonamides is 1. The zero-order valence-corrected chi connectivity index (χ0v) is 14.9. The number of rotatable bonds is 4. The lowest BCUT2D eigenvalue weighted by Gasteiger charge is -2.24. The van der Waals surface area contributed by atoms with E-state index in [1.807, 2.05) is 4.72 Å². The van der Waals surface area contributed by atoms with Gasteiger partial charge in [-0.15, -0.1) is 0 Å². The van der Waals surface area contributed by atoms with Crippen LogP contribution >= 0.6 is 11.6 Å². The molecule has 1 aliphatic rings. The first-order valence-electron chi connectivity index (χ1n) is 7.35. The molecular formula is C17H13ClFNO5S. The summed E-state index contributed by atoms with van der Waals surface area (Å²) < 4.78 is 46.3. The highest BCUT2D eigenvalue weighted by molar-refractivity contribution is 7.89. The first kappa shape index (κ1) is 18.2. The zero-order chi connectivity index (χ0) is 19.1. The topological polar surface area (TPSA) is 92.7 Å². The summed E-state index contributed by atoms with van der Waals surface area (Å²) in [5.41, 5.74) is -2.12. The van der Waals surface area contributed by atoms with Crippen molar-refractivity contribution in [3.8, 4) is 0 Å². The van der Waals surface area contributed by atoms with Crippen LogP contribution in [-0.2, 0) is 25.2 Å². The predicted octanol–water partition coefficient (Wildman–Crippen LogP) is 3.00. The molecule has 26 heavy (non-hydrogen) atoms. The lowest BCUT2D eigenvalue weighted by atomic mass is 9.91. The molecule has 6 nitrogen and oxygen atoms in total. The Bertz CT molecular complexity index is 1020. The second kappa shape index (κ2) is 6.30. The van der Waals surface area contributed by atoms with Crippen LogP contribution in [0.4, 0.5) is 4.39 Å². The highest BCUT2D eigenvalue weighted by atomic mass is 35.5. The van der Waals surface area contributed by atoms with Gasteiger partial charge in [0.2, 0.25) is 17.2 Å². The quantitative estimate of drug-likeness (QED) is 0.827. The van der Waals surface area contributed by atoms with Crippen LogP contribution < -0.4 is 4.72 Å². The van der Waals surface area contributed by atoms with E-state index in [4.69, 9.17) is 16.3 Å². The minimum atomic E-state index is -4.11. The van der Waals surface area contributed by atoms with Crippen molar-refractivity contribution in [2.75, 3.05) is 0 Å². The number of carbonyl (C=O) groups is 1. The molecule has 0 amide bonds. The number of hydrogen-bond acceptors (Lipinski definition) is 5. The summed E-state index contributed by atoms with van der Waals surface area (Å²) in [5, 5.41) is 10.2. The minimum absolute atomic E-state index is 0.0948. The first-order valence-corrected chi connectivity index (χ1v) is 9.22. The largest absolute Gasteiger partial charge is 0.501 e. The molecule has 2 N–H and O–H groups in total. The van der Waals surface area contributed by atoms with Gasteiger partial charge >= 0.3 is 0 Å². The molecular weight excluding hydrogens is 385 g/mol. The first-order chi connectivity index (χ1) is 12.1. The summed E-state index contributed by atoms with van der Waals surface area (Å²) in [6.45, 7) is 1.22. The van der Waals surface area contributed by atoms with E-state index in [9.17, 15) is 22.7 Å². The highest BCUT2D eigenvalue weighted by Crippen LogP contribution is 2.39. The van der Waals surface area contributed by atoms with Crippen LogP contribution in [-0.4, -0.2) is 19.3 Å². The van der Waals surface area contributed by atoms with Gasteiger partial charge < -0.3 is 9.84 Å². The van der Waals surface area contributed by atoms with Crippen LogP contribution in [0.25, 0.3) is 0 Å². The van der Waals surface area contributed by atoms with Crippen molar-refractivity contribution in [3.63, 3.8) is 0 Å². The molecule has 136 valence electrons. The number of nitrogens with one attached hydrogen (secondary N) is 1. The van der Waals surface area contributed by atoms with Gasteiger partial charge in [-0.3, -0.25) is 4.79 Å². The number of aliphatic hydroxyl groups excluding tert-OH is 1. The fourth-order valence-corrected chi connectivity index (χ4v) is 3.71. The average molecular weight is 398 g/mol. The van der Waals surface area contributed by atoms with Crippen molar-refractivity contribution in [3.05, 3.63) is 76.6 Å². The fraction of sp³-hybridized carbons (Fsp3) is 0.118. The van der Waals surface area contributed by atoms with Gasteiger partial charge in [-0.05, 0) is 31.2 Å². The number of ether oxygens (including phenoxy) is 1. The molecule has 1 heterocycles. The molecule has 1 atom stereocenters. The van der Waals surface area contributed by atoms with E-state index < -0.39 is 38.9 Å². The number of Topliss-reactive ketones (excluding diaryl/α,β-unsaturated/α-hetero) is 1. The zero-order valence-electron chi connectivity index (χ0n) is 13.4. The SMILES string of the molecule is CC1(c2ccc(Cl)cc2F)OC(NS(=O)(=O)c2ccccc2)=C(O)C1=O. The van der Waals surface area contributed by atoms with Gasteiger partial charge in [-0.1, -0.05) is 35.9 Å². The Morgan fingerprint density at radius 2 is 1.85 bits per heavy atom. The summed E-state index contributed by atoms with van der Waals surface area (Å²) in [7, 11) is -4.11. The van der Waals surface area contributed by atoms with Crippen LogP contribution in [0.5, 0.6) is 0 Å². The van der Waals surface area contributed by atoms with E-state index in [0.717, 1.165) is 6.07 Å². The third-order valence-electron chi connectivity index (χ3n) is 3.90. The number of aliphatic hydroxyl groups is 1. The van der Waals surface area contributed by atoms with E-state index in [1.54, 1.807) is 6.07 Å². The Morgan fingerprint density at radius 3 is 2.46 bits per heavy atom. The van der Waals surface area contributed by atoms with Crippen LogP contribution in [0.15, 0.2) is 65.1 Å². The normalized spacial score (nSPS) is 20.2. The summed E-state index contributed by atoms with van der Waals surface area (Å²) >= 11 is 5.70. The molecule has 9 heteroatoms. The standard InChI is InChI=1S/C17H13ClFNO5S/c1-17(12-8-7-10(18)9-13(12)19)15(22)14(21)16(25-17)20-26(23,24)11-5-3-2-4-6-11/h2-9,20-21H,1H3. The number of ketones is 1. The second-order valence-corrected chi connectivity index (χ2v) is 7.80. The maximum absolute atomic E-state index is 14.2. The van der Waals surface area contributed by atoms with Crippen molar-refractivity contribution >= 4 is 27.4 Å². The van der Waals surface area contributed by atoms with Crippen LogP contribution in [0.1, 0.15) is 12.5 Å². The second-order valence-electron chi connectivity index (χ2n) is 5.68. The highest BCUT2D eigenvalue weighted by Gasteiger charge is 2.50. The molecule has 0 saturated heterocycles. The van der Waals surface area contributed by atoms with Crippen molar-refractivity contribution < 1.29 is 27.4 Å². The lowest BCUT2D eigenvalue weighted by molar-refractivity contribution is -0.132. The van der Waals surface area contributed by atoms with Gasteiger partial charge in [0.1, 0.15) is 5.82 Å². The molecule has 0 saturated carbocycles. The molecule has 0 aromatic heterocycles. The molecule has 0 fully saturated rings. The summed E-state index contributed by atoms with van der Waals surface area (Å²) in [6.07, 6.45) is 0. The Kier molecular flexibility index (Phi) is 4.41. The average Bonchev–Trinajstić information content (AvgIpc) is 2.80. The third kappa shape index (κ3) is 3.02. The van der Waals surface area contributed by atoms with Crippen molar-refractivity contribution in [2.45, 2.75) is 17.4 Å². The maximum atomic E-state index is 14.2. The Labute approximate surface area is 153 Å². The summed E-state index contributed by atoms with van der Waals surface area (Å²) in [6, 6.07) is 10.9. The van der Waals surface area contributed by atoms with Crippen LogP contribution in [0.3, 0.4) is 0 Å². The van der Waals surface area contributed by atoms with Gasteiger partial charge in [-0.25, -0.2) is 17.5 Å². The van der Waals surface area contributed by atoms with Gasteiger partial charge in [0.15, 0.2) is 0 Å². The molecule has 2 aromatic carbocycles. The Hall–Kier alpha value is -2.58. The van der Waals surface area contributed by atoms with Gasteiger partial charge in [0.05, 0.1) is 4.90 Å². The fourth-order valence-electron chi connectivity index (χ4n) is 2.53. The molecule has 1 unspecified atom stereocenters. The number of benzene rings is 2. The van der Waals surface area contributed by atoms with Gasteiger partial charge in [-0.2, -0.15) is 0 Å². The van der Waals surface area contributed by atoms with Crippen molar-refractivity contribution in [2.24, 2.45) is 0 Å². The minimum Gasteiger partial charge on any atom is -0.501 e. The molecule has 0 spiro atoms. The predicted molar refractivity (Wildman–Crippen MR) is 91.3 cm³/mol. The Morgan fingerprint density at radius 1 is 1.19 bits per heavy atom. The van der Waals surface area contributed by atoms with Crippen molar-refractivity contribution in [1.29, 1.82) is 0 Å². The number of halogens is 2. The van der Waals surface area contributed by atoms with E-state index in [1.165, 1.54) is 43.3 Å². The third-order valence-corrected chi connectivity index (χ3v) is 5.48. The summed E-state index contributed by atoms with van der Waals surface area (Å²) in [4.78, 5) is 12.3. The molecule has 1 aliphatic heterocycles. The van der Waals surface area contributed by atoms with Crippen LogP contribution in [0, 0.1) is 5.82 Å². The molecule has 3 rings (SSSR count). The maximum Gasteiger partial charge on any atom is 0.264 e. The van der Waals surface area contributed by atoms with Crippen molar-refractivity contribution in [1.82, 2.24) is 4.72 Å².